The van der Waals surface area contributed by atoms with Crippen LogP contribution in [0.3, 0.4) is 0 Å². The monoisotopic (exact) mass is 232 g/mol. The van der Waals surface area contributed by atoms with E-state index in [2.05, 4.69) is 4.74 Å². The second-order valence-corrected chi connectivity index (χ2v) is 3.61. The van der Waals surface area contributed by atoms with E-state index in [-0.39, 0.29) is 19.7 Å². The number of esters is 1. The molecule has 1 aliphatic heterocycles. The van der Waals surface area contributed by atoms with E-state index in [0.29, 0.717) is 0 Å². The minimum absolute atomic E-state index is 0.0207. The molecule has 0 bridgehead atoms. The number of β-amino-alcohol motifs (C(OH)–C–C–N with tert-alkyl or cyclic N) is 2. The summed E-state index contributed by atoms with van der Waals surface area (Å²) >= 11 is 0. The maximum Gasteiger partial charge on any atom is 0.332 e. The standard InChI is InChI=1S/C9H16N2O5/c1-2-16-9(15)7(10)8(14)11-3-5(12)6(13)4-11/h5-7,12-13H,2-4,10H2,1H3/t5-,6+,7?. The minimum Gasteiger partial charge on any atom is -0.464 e. The van der Waals surface area contributed by atoms with Gasteiger partial charge in [-0.05, 0) is 6.92 Å². The average molecular weight is 232 g/mol. The molecule has 7 nitrogen and oxygen atoms in total. The summed E-state index contributed by atoms with van der Waals surface area (Å²) in [6.07, 6.45) is -1.98. The highest BCUT2D eigenvalue weighted by Gasteiger charge is 2.37. The van der Waals surface area contributed by atoms with Crippen LogP contribution in [0.15, 0.2) is 0 Å². The predicted octanol–water partition coefficient (Wildman–Crippen LogP) is -2.56. The second kappa shape index (κ2) is 5.24. The topological polar surface area (TPSA) is 113 Å². The summed E-state index contributed by atoms with van der Waals surface area (Å²) in [7, 11) is 0. The minimum atomic E-state index is -1.39. The lowest BCUT2D eigenvalue weighted by molar-refractivity contribution is -0.150. The first-order valence-corrected chi connectivity index (χ1v) is 5.04. The Hall–Kier alpha value is -1.18. The number of rotatable bonds is 3. The molecule has 7 heteroatoms. The van der Waals surface area contributed by atoms with Gasteiger partial charge >= 0.3 is 5.97 Å². The van der Waals surface area contributed by atoms with Crippen molar-refractivity contribution in [1.29, 1.82) is 0 Å². The summed E-state index contributed by atoms with van der Waals surface area (Å²) in [5, 5.41) is 18.5. The number of hydrogen-bond acceptors (Lipinski definition) is 6. The number of amides is 1. The predicted molar refractivity (Wildman–Crippen MR) is 53.2 cm³/mol. The van der Waals surface area contributed by atoms with E-state index in [1.165, 1.54) is 0 Å². The Morgan fingerprint density at radius 1 is 1.44 bits per heavy atom. The number of carbonyl (C=O) groups is 2. The summed E-state index contributed by atoms with van der Waals surface area (Å²) in [5.41, 5.74) is 5.39. The van der Waals surface area contributed by atoms with Crippen molar-refractivity contribution in [2.24, 2.45) is 5.73 Å². The van der Waals surface area contributed by atoms with Crippen molar-refractivity contribution in [1.82, 2.24) is 4.90 Å². The molecule has 92 valence electrons. The van der Waals surface area contributed by atoms with Gasteiger partial charge in [-0.2, -0.15) is 0 Å². The number of likely N-dealkylation sites (tertiary alicyclic amines) is 1. The van der Waals surface area contributed by atoms with Crippen LogP contribution in [0.5, 0.6) is 0 Å². The Morgan fingerprint density at radius 2 is 1.94 bits per heavy atom. The molecule has 0 saturated carbocycles. The van der Waals surface area contributed by atoms with Gasteiger partial charge in [-0.15, -0.1) is 0 Å². The lowest BCUT2D eigenvalue weighted by Gasteiger charge is -2.18. The van der Waals surface area contributed by atoms with Gasteiger partial charge in [0.15, 0.2) is 6.04 Å². The SMILES string of the molecule is CCOC(=O)C(N)C(=O)N1C[C@@H](O)[C@@H](O)C1. The fourth-order valence-corrected chi connectivity index (χ4v) is 1.48. The van der Waals surface area contributed by atoms with Crippen molar-refractivity contribution in [3.8, 4) is 0 Å². The molecule has 1 rings (SSSR count). The first-order chi connectivity index (χ1) is 7.47. The molecule has 1 heterocycles. The van der Waals surface area contributed by atoms with Gasteiger partial charge in [0.25, 0.3) is 5.91 Å². The van der Waals surface area contributed by atoms with Crippen LogP contribution >= 0.6 is 0 Å². The molecule has 4 N–H and O–H groups in total. The zero-order chi connectivity index (χ0) is 12.3. The van der Waals surface area contributed by atoms with Gasteiger partial charge in [0.2, 0.25) is 0 Å². The van der Waals surface area contributed by atoms with Crippen LogP contribution < -0.4 is 5.73 Å². The van der Waals surface area contributed by atoms with Crippen molar-refractivity contribution in [3.63, 3.8) is 0 Å². The van der Waals surface area contributed by atoms with Gasteiger partial charge in [-0.3, -0.25) is 4.79 Å². The van der Waals surface area contributed by atoms with Crippen molar-refractivity contribution < 1.29 is 24.5 Å². The average Bonchev–Trinajstić information content (AvgIpc) is 2.57. The van der Waals surface area contributed by atoms with Gasteiger partial charge < -0.3 is 25.6 Å². The first kappa shape index (κ1) is 12.9. The number of ether oxygens (including phenoxy) is 1. The van der Waals surface area contributed by atoms with E-state index in [1.54, 1.807) is 6.92 Å². The number of nitrogens with zero attached hydrogens (tertiary/aromatic N) is 1. The highest BCUT2D eigenvalue weighted by Crippen LogP contribution is 2.11. The number of aliphatic hydroxyl groups excluding tert-OH is 2. The third-order valence-electron chi connectivity index (χ3n) is 2.38. The molecule has 1 fully saturated rings. The van der Waals surface area contributed by atoms with E-state index in [0.717, 1.165) is 4.90 Å². The first-order valence-electron chi connectivity index (χ1n) is 5.04. The number of nitrogens with two attached hydrogens (primary N) is 1. The Bertz CT molecular complexity index is 273. The third-order valence-corrected chi connectivity index (χ3v) is 2.38. The van der Waals surface area contributed by atoms with Crippen molar-refractivity contribution in [2.45, 2.75) is 25.2 Å². The molecular weight excluding hydrogens is 216 g/mol. The van der Waals surface area contributed by atoms with Crippen LogP contribution in [0.1, 0.15) is 6.92 Å². The normalized spacial score (nSPS) is 26.6. The van der Waals surface area contributed by atoms with Gasteiger partial charge in [-0.1, -0.05) is 0 Å². The molecule has 0 spiro atoms. The molecular formula is C9H16N2O5. The molecule has 1 amide bonds. The van der Waals surface area contributed by atoms with Gasteiger partial charge in [0.1, 0.15) is 0 Å². The summed E-state index contributed by atoms with van der Waals surface area (Å²) in [4.78, 5) is 24.0. The largest absolute Gasteiger partial charge is 0.464 e. The Kier molecular flexibility index (Phi) is 4.22. The van der Waals surface area contributed by atoms with E-state index >= 15 is 0 Å². The van der Waals surface area contributed by atoms with E-state index in [4.69, 9.17) is 5.73 Å². The fraction of sp³-hybridized carbons (Fsp3) is 0.778. The van der Waals surface area contributed by atoms with Crippen LogP contribution in [0.4, 0.5) is 0 Å². The molecule has 1 unspecified atom stereocenters. The molecule has 16 heavy (non-hydrogen) atoms. The maximum absolute atomic E-state index is 11.6. The van der Waals surface area contributed by atoms with Crippen LogP contribution in [-0.2, 0) is 14.3 Å². The van der Waals surface area contributed by atoms with Crippen LogP contribution in [-0.4, -0.2) is 64.9 Å². The molecule has 1 aliphatic rings. The number of hydrogen-bond donors (Lipinski definition) is 3. The highest BCUT2D eigenvalue weighted by atomic mass is 16.5. The lowest BCUT2D eigenvalue weighted by Crippen LogP contribution is -2.48. The summed E-state index contributed by atoms with van der Waals surface area (Å²) < 4.78 is 4.60. The summed E-state index contributed by atoms with van der Waals surface area (Å²) in [6.45, 7) is 1.71. The fourth-order valence-electron chi connectivity index (χ4n) is 1.48. The molecule has 0 aromatic heterocycles. The Balaban J connectivity index is 2.55. The maximum atomic E-state index is 11.6. The number of aliphatic hydroxyl groups is 2. The third kappa shape index (κ3) is 2.69. The van der Waals surface area contributed by atoms with E-state index in [9.17, 15) is 19.8 Å². The number of carbonyl (C=O) groups excluding carboxylic acids is 2. The van der Waals surface area contributed by atoms with Crippen molar-refractivity contribution in [2.75, 3.05) is 19.7 Å². The van der Waals surface area contributed by atoms with E-state index in [1.807, 2.05) is 0 Å². The Labute approximate surface area is 92.8 Å². The zero-order valence-corrected chi connectivity index (χ0v) is 9.00. The molecule has 3 atom stereocenters. The van der Waals surface area contributed by atoms with E-state index < -0.39 is 30.1 Å². The van der Waals surface area contributed by atoms with Crippen LogP contribution in [0.2, 0.25) is 0 Å². The van der Waals surface area contributed by atoms with Gasteiger partial charge in [0.05, 0.1) is 18.8 Å². The second-order valence-electron chi connectivity index (χ2n) is 3.61. The highest BCUT2D eigenvalue weighted by molar-refractivity contribution is 6.01. The quantitative estimate of drug-likeness (QED) is 0.364. The van der Waals surface area contributed by atoms with Gasteiger partial charge in [-0.25, -0.2) is 4.79 Å². The summed E-state index contributed by atoms with van der Waals surface area (Å²) in [6, 6.07) is -1.39. The Morgan fingerprint density at radius 3 is 2.38 bits per heavy atom. The smallest absolute Gasteiger partial charge is 0.332 e. The molecule has 0 aromatic carbocycles. The van der Waals surface area contributed by atoms with Crippen LogP contribution in [0, 0.1) is 0 Å². The molecule has 0 aromatic rings. The lowest BCUT2D eigenvalue weighted by atomic mass is 10.3. The van der Waals surface area contributed by atoms with Crippen LogP contribution in [0.25, 0.3) is 0 Å². The molecule has 0 radical (unpaired) electrons. The molecule has 1 saturated heterocycles. The zero-order valence-electron chi connectivity index (χ0n) is 9.00. The van der Waals surface area contributed by atoms with Crippen molar-refractivity contribution in [3.05, 3.63) is 0 Å². The van der Waals surface area contributed by atoms with Crippen molar-refractivity contribution >= 4 is 11.9 Å². The molecule has 0 aliphatic carbocycles. The summed E-state index contributed by atoms with van der Waals surface area (Å²) in [5.74, 6) is -1.45. The van der Waals surface area contributed by atoms with Gasteiger partial charge in [0, 0.05) is 13.1 Å².